The summed E-state index contributed by atoms with van der Waals surface area (Å²) in [6.07, 6.45) is 7.67. The molecule has 1 amide bonds. The zero-order valence-electron chi connectivity index (χ0n) is 12.7. The normalized spacial score (nSPS) is 22.5. The lowest BCUT2D eigenvalue weighted by molar-refractivity contribution is -0.136. The average Bonchev–Trinajstić information content (AvgIpc) is 3.20. The number of carbonyl (C=O) groups excluding carboxylic acids is 1. The number of nitrogens with zero attached hydrogens (tertiary/aromatic N) is 4. The average molecular weight is 292 g/mol. The predicted molar refractivity (Wildman–Crippen MR) is 77.6 cm³/mol. The van der Waals surface area contributed by atoms with Crippen LogP contribution in [0.2, 0.25) is 0 Å². The molecule has 2 heterocycles. The Morgan fingerprint density at radius 1 is 1.38 bits per heavy atom. The Hall–Kier alpha value is -1.43. The Kier molecular flexibility index (Phi) is 4.53. The summed E-state index contributed by atoms with van der Waals surface area (Å²) in [5.74, 6) is 2.49. The summed E-state index contributed by atoms with van der Waals surface area (Å²) in [6.45, 7) is 2.91. The second-order valence-corrected chi connectivity index (χ2v) is 6.33. The first-order valence-electron chi connectivity index (χ1n) is 7.89. The van der Waals surface area contributed by atoms with Crippen LogP contribution < -0.4 is 0 Å². The van der Waals surface area contributed by atoms with Crippen molar-refractivity contribution in [3.05, 3.63) is 12.2 Å². The molecule has 1 aliphatic heterocycles. The Morgan fingerprint density at radius 3 is 3.00 bits per heavy atom. The summed E-state index contributed by atoms with van der Waals surface area (Å²) in [5.41, 5.74) is 0. The maximum absolute atomic E-state index is 11.9. The molecular formula is C15H24N4O2. The highest BCUT2D eigenvalue weighted by Gasteiger charge is 2.26. The van der Waals surface area contributed by atoms with Crippen LogP contribution in [-0.4, -0.2) is 52.4 Å². The topological polar surface area (TPSA) is 60.2 Å². The van der Waals surface area contributed by atoms with Gasteiger partial charge in [-0.05, 0) is 37.5 Å². The van der Waals surface area contributed by atoms with E-state index in [0.29, 0.717) is 5.92 Å². The molecule has 0 aromatic carbocycles. The van der Waals surface area contributed by atoms with E-state index in [4.69, 9.17) is 4.74 Å². The fraction of sp³-hybridized carbons (Fsp3) is 0.800. The second-order valence-electron chi connectivity index (χ2n) is 6.33. The molecule has 0 spiro atoms. The number of aromatic nitrogens is 3. The van der Waals surface area contributed by atoms with Gasteiger partial charge in [-0.2, -0.15) is 0 Å². The Balaban J connectivity index is 1.56. The molecule has 0 radical (unpaired) electrons. The summed E-state index contributed by atoms with van der Waals surface area (Å²) in [7, 11) is 1.57. The van der Waals surface area contributed by atoms with Crippen molar-refractivity contribution >= 4 is 5.91 Å². The van der Waals surface area contributed by atoms with Crippen LogP contribution >= 0.6 is 0 Å². The van der Waals surface area contributed by atoms with Crippen LogP contribution in [0, 0.1) is 11.8 Å². The standard InChI is InChI=1S/C15H24N4O2/c1-21-10-15(20)18-6-2-3-13(9-18)7-14-17-16-11-19(14)8-12-4-5-12/h11-13H,2-10H2,1H3. The number of hydrogen-bond acceptors (Lipinski definition) is 4. The van der Waals surface area contributed by atoms with Crippen molar-refractivity contribution in [1.29, 1.82) is 0 Å². The SMILES string of the molecule is COCC(=O)N1CCCC(Cc2nncn2CC2CC2)C1. The monoisotopic (exact) mass is 292 g/mol. The third kappa shape index (κ3) is 3.81. The van der Waals surface area contributed by atoms with Crippen molar-refractivity contribution in [2.24, 2.45) is 11.8 Å². The molecule has 1 saturated carbocycles. The van der Waals surface area contributed by atoms with Crippen LogP contribution in [-0.2, 0) is 22.5 Å². The highest BCUT2D eigenvalue weighted by Crippen LogP contribution is 2.31. The number of likely N-dealkylation sites (tertiary alicyclic amines) is 1. The van der Waals surface area contributed by atoms with E-state index in [1.54, 1.807) is 7.11 Å². The lowest BCUT2D eigenvalue weighted by Gasteiger charge is -2.32. The molecule has 1 atom stereocenters. The Labute approximate surface area is 125 Å². The summed E-state index contributed by atoms with van der Waals surface area (Å²) in [6, 6.07) is 0. The van der Waals surface area contributed by atoms with E-state index >= 15 is 0 Å². The zero-order chi connectivity index (χ0) is 14.7. The Morgan fingerprint density at radius 2 is 2.24 bits per heavy atom. The van der Waals surface area contributed by atoms with Crippen LogP contribution in [0.3, 0.4) is 0 Å². The molecule has 2 fully saturated rings. The molecule has 1 saturated heterocycles. The maximum atomic E-state index is 11.9. The van der Waals surface area contributed by atoms with Crippen molar-refractivity contribution in [3.8, 4) is 0 Å². The van der Waals surface area contributed by atoms with Gasteiger partial charge in [0.2, 0.25) is 5.91 Å². The predicted octanol–water partition coefficient (Wildman–Crippen LogP) is 1.12. The number of amides is 1. The van der Waals surface area contributed by atoms with E-state index in [1.807, 2.05) is 11.2 Å². The molecule has 6 nitrogen and oxygen atoms in total. The number of hydrogen-bond donors (Lipinski definition) is 0. The Bertz CT molecular complexity index is 484. The summed E-state index contributed by atoms with van der Waals surface area (Å²) >= 11 is 0. The van der Waals surface area contributed by atoms with E-state index in [1.165, 1.54) is 12.8 Å². The summed E-state index contributed by atoms with van der Waals surface area (Å²) < 4.78 is 7.15. The van der Waals surface area contributed by atoms with Gasteiger partial charge in [-0.1, -0.05) is 0 Å². The van der Waals surface area contributed by atoms with E-state index in [2.05, 4.69) is 14.8 Å². The fourth-order valence-electron chi connectivity index (χ4n) is 3.10. The van der Waals surface area contributed by atoms with Crippen molar-refractivity contribution < 1.29 is 9.53 Å². The first-order valence-corrected chi connectivity index (χ1v) is 7.89. The third-order valence-electron chi connectivity index (χ3n) is 4.46. The van der Waals surface area contributed by atoms with Gasteiger partial charge in [-0.25, -0.2) is 0 Å². The molecule has 2 aliphatic rings. The maximum Gasteiger partial charge on any atom is 0.248 e. The van der Waals surface area contributed by atoms with Gasteiger partial charge in [-0.3, -0.25) is 4.79 Å². The minimum atomic E-state index is 0.0987. The highest BCUT2D eigenvalue weighted by molar-refractivity contribution is 5.77. The summed E-state index contributed by atoms with van der Waals surface area (Å²) in [4.78, 5) is 13.9. The van der Waals surface area contributed by atoms with Gasteiger partial charge >= 0.3 is 0 Å². The number of carbonyl (C=O) groups is 1. The van der Waals surface area contributed by atoms with Crippen LogP contribution in [0.5, 0.6) is 0 Å². The number of rotatable bonds is 6. The molecule has 3 rings (SSSR count). The van der Waals surface area contributed by atoms with E-state index in [0.717, 1.165) is 50.6 Å². The van der Waals surface area contributed by atoms with Crippen molar-refractivity contribution in [3.63, 3.8) is 0 Å². The van der Waals surface area contributed by atoms with Gasteiger partial charge in [0.1, 0.15) is 18.8 Å². The van der Waals surface area contributed by atoms with Gasteiger partial charge in [0.05, 0.1) is 0 Å². The number of ether oxygens (including phenoxy) is 1. The number of methoxy groups -OCH3 is 1. The lowest BCUT2D eigenvalue weighted by atomic mass is 9.94. The molecule has 0 bridgehead atoms. The fourth-order valence-corrected chi connectivity index (χ4v) is 3.10. The zero-order valence-corrected chi connectivity index (χ0v) is 12.7. The van der Waals surface area contributed by atoms with E-state index in [9.17, 15) is 4.79 Å². The van der Waals surface area contributed by atoms with Crippen LogP contribution in [0.25, 0.3) is 0 Å². The second kappa shape index (κ2) is 6.56. The number of piperidine rings is 1. The lowest BCUT2D eigenvalue weighted by Crippen LogP contribution is -2.42. The van der Waals surface area contributed by atoms with Crippen molar-refractivity contribution in [2.75, 3.05) is 26.8 Å². The first-order chi connectivity index (χ1) is 10.3. The quantitative estimate of drug-likeness (QED) is 0.788. The summed E-state index contributed by atoms with van der Waals surface area (Å²) in [5, 5.41) is 8.35. The van der Waals surface area contributed by atoms with Crippen LogP contribution in [0.1, 0.15) is 31.5 Å². The van der Waals surface area contributed by atoms with Crippen molar-refractivity contribution in [2.45, 2.75) is 38.6 Å². The van der Waals surface area contributed by atoms with Crippen LogP contribution in [0.4, 0.5) is 0 Å². The van der Waals surface area contributed by atoms with E-state index in [-0.39, 0.29) is 12.5 Å². The van der Waals surface area contributed by atoms with Gasteiger partial charge in [0.25, 0.3) is 0 Å². The molecule has 1 aromatic rings. The smallest absolute Gasteiger partial charge is 0.248 e. The van der Waals surface area contributed by atoms with Gasteiger partial charge in [0.15, 0.2) is 0 Å². The van der Waals surface area contributed by atoms with Gasteiger partial charge in [-0.15, -0.1) is 10.2 Å². The van der Waals surface area contributed by atoms with Gasteiger partial charge < -0.3 is 14.2 Å². The molecule has 21 heavy (non-hydrogen) atoms. The first kappa shape index (κ1) is 14.5. The molecular weight excluding hydrogens is 268 g/mol. The van der Waals surface area contributed by atoms with Crippen LogP contribution in [0.15, 0.2) is 6.33 Å². The van der Waals surface area contributed by atoms with E-state index < -0.39 is 0 Å². The third-order valence-corrected chi connectivity index (χ3v) is 4.46. The van der Waals surface area contributed by atoms with Gasteiger partial charge in [0, 0.05) is 33.2 Å². The molecule has 6 heteroatoms. The molecule has 1 aromatic heterocycles. The minimum Gasteiger partial charge on any atom is -0.375 e. The molecule has 1 aliphatic carbocycles. The minimum absolute atomic E-state index is 0.0987. The molecule has 1 unspecified atom stereocenters. The molecule has 116 valence electrons. The van der Waals surface area contributed by atoms with Crippen molar-refractivity contribution in [1.82, 2.24) is 19.7 Å². The highest BCUT2D eigenvalue weighted by atomic mass is 16.5. The largest absolute Gasteiger partial charge is 0.375 e. The molecule has 0 N–H and O–H groups in total.